The molecule has 0 fully saturated rings. The lowest BCUT2D eigenvalue weighted by molar-refractivity contribution is 0.794. The number of aromatic nitrogens is 4. The summed E-state index contributed by atoms with van der Waals surface area (Å²) in [6.07, 6.45) is 3.54. The molecule has 0 amide bonds. The highest BCUT2D eigenvalue weighted by Crippen LogP contribution is 2.62. The van der Waals surface area contributed by atoms with Crippen molar-refractivity contribution in [1.82, 2.24) is 19.9 Å². The summed E-state index contributed by atoms with van der Waals surface area (Å²) >= 11 is 0. The minimum atomic E-state index is -0.359. The lowest BCUT2D eigenvalue weighted by Crippen LogP contribution is -2.25. The number of rotatable bonds is 5. The standard InChI is InChI=1S/C51H32N4/c1-2-12-33(13-3-1)35-14-10-16-38(30-35)49-53-48(34-26-28-52-29-27-34)54-50(55-49)39-17-11-15-36(31-39)37-24-25-47-43(32-37)42-20-6-9-23-46(42)51(47)44-21-7-4-18-40(44)41-19-5-8-22-45(41)51/h1-32H. The van der Waals surface area contributed by atoms with Crippen molar-refractivity contribution in [1.29, 1.82) is 0 Å². The minimum Gasteiger partial charge on any atom is -0.265 e. The van der Waals surface area contributed by atoms with Gasteiger partial charge in [-0.2, -0.15) is 0 Å². The number of fused-ring (bicyclic) bond motifs is 10. The van der Waals surface area contributed by atoms with Crippen LogP contribution in [-0.2, 0) is 5.41 Å². The van der Waals surface area contributed by atoms with Gasteiger partial charge in [0.2, 0.25) is 0 Å². The fourth-order valence-electron chi connectivity index (χ4n) is 8.85. The summed E-state index contributed by atoms with van der Waals surface area (Å²) in [5.41, 5.74) is 17.4. The quantitative estimate of drug-likeness (QED) is 0.179. The predicted molar refractivity (Wildman–Crippen MR) is 221 cm³/mol. The topological polar surface area (TPSA) is 51.6 Å². The molecule has 256 valence electrons. The molecule has 0 atom stereocenters. The summed E-state index contributed by atoms with van der Waals surface area (Å²) in [7, 11) is 0. The second-order valence-corrected chi connectivity index (χ2v) is 14.2. The molecule has 55 heavy (non-hydrogen) atoms. The van der Waals surface area contributed by atoms with Gasteiger partial charge in [0.25, 0.3) is 0 Å². The molecule has 0 saturated carbocycles. The maximum absolute atomic E-state index is 5.11. The summed E-state index contributed by atoms with van der Waals surface area (Å²) in [6.45, 7) is 0. The first-order valence-corrected chi connectivity index (χ1v) is 18.6. The summed E-state index contributed by atoms with van der Waals surface area (Å²) in [6, 6.07) is 65.1. The molecule has 1 spiro atoms. The van der Waals surface area contributed by atoms with Crippen molar-refractivity contribution in [2.75, 3.05) is 0 Å². The Morgan fingerprint density at radius 3 is 1.27 bits per heavy atom. The third-order valence-electron chi connectivity index (χ3n) is 11.3. The molecular weight excluding hydrogens is 669 g/mol. The first-order valence-electron chi connectivity index (χ1n) is 18.6. The minimum absolute atomic E-state index is 0.359. The summed E-state index contributed by atoms with van der Waals surface area (Å²) < 4.78 is 0. The second kappa shape index (κ2) is 12.4. The van der Waals surface area contributed by atoms with Crippen molar-refractivity contribution in [2.45, 2.75) is 5.41 Å². The highest BCUT2D eigenvalue weighted by atomic mass is 15.0. The first kappa shape index (κ1) is 31.2. The highest BCUT2D eigenvalue weighted by Gasteiger charge is 2.51. The van der Waals surface area contributed by atoms with Gasteiger partial charge in [-0.1, -0.05) is 152 Å². The molecule has 0 radical (unpaired) electrons. The normalized spacial score (nSPS) is 12.9. The number of hydrogen-bond donors (Lipinski definition) is 0. The van der Waals surface area contributed by atoms with Gasteiger partial charge in [-0.25, -0.2) is 15.0 Å². The van der Waals surface area contributed by atoms with Crippen LogP contribution in [0.5, 0.6) is 0 Å². The fraction of sp³-hybridized carbons (Fsp3) is 0.0196. The Morgan fingerprint density at radius 2 is 0.691 bits per heavy atom. The van der Waals surface area contributed by atoms with Crippen LogP contribution in [0.25, 0.3) is 78.7 Å². The van der Waals surface area contributed by atoms with Crippen LogP contribution in [0, 0.1) is 0 Å². The van der Waals surface area contributed by atoms with Crippen molar-refractivity contribution < 1.29 is 0 Å². The molecule has 0 N–H and O–H groups in total. The zero-order valence-corrected chi connectivity index (χ0v) is 29.8. The number of pyridine rings is 1. The van der Waals surface area contributed by atoms with E-state index in [-0.39, 0.29) is 5.41 Å². The van der Waals surface area contributed by atoms with Gasteiger partial charge in [0.15, 0.2) is 17.5 Å². The molecule has 2 aliphatic rings. The molecule has 2 heterocycles. The van der Waals surface area contributed by atoms with Crippen molar-refractivity contribution in [3.8, 4) is 78.7 Å². The lowest BCUT2D eigenvalue weighted by Gasteiger charge is -2.30. The van der Waals surface area contributed by atoms with Crippen molar-refractivity contribution in [3.05, 3.63) is 217 Å². The van der Waals surface area contributed by atoms with E-state index in [0.29, 0.717) is 17.5 Å². The molecule has 0 unspecified atom stereocenters. The van der Waals surface area contributed by atoms with Crippen LogP contribution in [0.1, 0.15) is 22.3 Å². The third-order valence-corrected chi connectivity index (χ3v) is 11.3. The average Bonchev–Trinajstić information content (AvgIpc) is 3.74. The number of nitrogens with zero attached hydrogens (tertiary/aromatic N) is 4. The zero-order chi connectivity index (χ0) is 36.3. The van der Waals surface area contributed by atoms with E-state index in [9.17, 15) is 0 Å². The Balaban J connectivity index is 1.05. The SMILES string of the molecule is c1ccc(-c2cccc(-c3nc(-c4ccncc4)nc(-c4cccc(-c5ccc6c(c5)-c5ccccc5C65c6ccccc6-c6ccccc65)c4)n3)c2)cc1. The molecule has 0 saturated heterocycles. The summed E-state index contributed by atoms with van der Waals surface area (Å²) in [4.78, 5) is 19.4. The van der Waals surface area contributed by atoms with Gasteiger partial charge in [-0.05, 0) is 97.1 Å². The maximum Gasteiger partial charge on any atom is 0.164 e. The molecular formula is C51H32N4. The number of benzene rings is 7. The van der Waals surface area contributed by atoms with Crippen molar-refractivity contribution >= 4 is 0 Å². The number of hydrogen-bond acceptors (Lipinski definition) is 4. The molecule has 7 aromatic carbocycles. The van der Waals surface area contributed by atoms with Gasteiger partial charge >= 0.3 is 0 Å². The second-order valence-electron chi connectivity index (χ2n) is 14.2. The Kier molecular flexibility index (Phi) is 7.04. The van der Waals surface area contributed by atoms with E-state index >= 15 is 0 Å². The first-order chi connectivity index (χ1) is 27.3. The van der Waals surface area contributed by atoms with Crippen LogP contribution in [0.4, 0.5) is 0 Å². The van der Waals surface area contributed by atoms with Crippen LogP contribution < -0.4 is 0 Å². The van der Waals surface area contributed by atoms with E-state index in [0.717, 1.165) is 38.9 Å². The summed E-state index contributed by atoms with van der Waals surface area (Å²) in [5.74, 6) is 1.85. The van der Waals surface area contributed by atoms with Crippen LogP contribution in [0.2, 0.25) is 0 Å². The molecule has 4 heteroatoms. The van der Waals surface area contributed by atoms with E-state index in [1.165, 1.54) is 44.5 Å². The average molecular weight is 701 g/mol. The fourth-order valence-corrected chi connectivity index (χ4v) is 8.85. The van der Waals surface area contributed by atoms with Crippen molar-refractivity contribution in [3.63, 3.8) is 0 Å². The third kappa shape index (κ3) is 4.85. The van der Waals surface area contributed by atoms with Crippen molar-refractivity contribution in [2.24, 2.45) is 0 Å². The van der Waals surface area contributed by atoms with Gasteiger partial charge in [-0.3, -0.25) is 4.98 Å². The van der Waals surface area contributed by atoms with E-state index in [1.807, 2.05) is 18.2 Å². The molecule has 11 rings (SSSR count). The Labute approximate surface area is 319 Å². The summed E-state index contributed by atoms with van der Waals surface area (Å²) in [5, 5.41) is 0. The highest BCUT2D eigenvalue weighted by molar-refractivity contribution is 5.96. The molecule has 4 nitrogen and oxygen atoms in total. The Morgan fingerprint density at radius 1 is 0.273 bits per heavy atom. The monoisotopic (exact) mass is 700 g/mol. The van der Waals surface area contributed by atoms with Gasteiger partial charge in [0.1, 0.15) is 0 Å². The van der Waals surface area contributed by atoms with Gasteiger partial charge in [0, 0.05) is 29.1 Å². The van der Waals surface area contributed by atoms with E-state index in [4.69, 9.17) is 15.0 Å². The molecule has 9 aromatic rings. The van der Waals surface area contributed by atoms with E-state index in [1.54, 1.807) is 12.4 Å². The maximum atomic E-state index is 5.11. The molecule has 0 aliphatic heterocycles. The van der Waals surface area contributed by atoms with Gasteiger partial charge in [-0.15, -0.1) is 0 Å². The molecule has 0 bridgehead atoms. The molecule has 2 aromatic heterocycles. The van der Waals surface area contributed by atoms with Crippen LogP contribution in [0.15, 0.2) is 194 Å². The Hall–Kier alpha value is -7.30. The van der Waals surface area contributed by atoms with Crippen LogP contribution in [-0.4, -0.2) is 19.9 Å². The van der Waals surface area contributed by atoms with E-state index < -0.39 is 0 Å². The molecule has 2 aliphatic carbocycles. The predicted octanol–water partition coefficient (Wildman–Crippen LogP) is 11.9. The lowest BCUT2D eigenvalue weighted by atomic mass is 9.70. The van der Waals surface area contributed by atoms with Crippen LogP contribution in [0.3, 0.4) is 0 Å². The van der Waals surface area contributed by atoms with Gasteiger partial charge in [0.05, 0.1) is 5.41 Å². The zero-order valence-electron chi connectivity index (χ0n) is 29.8. The Bertz CT molecular complexity index is 2890. The largest absolute Gasteiger partial charge is 0.265 e. The van der Waals surface area contributed by atoms with E-state index in [2.05, 4.69) is 169 Å². The smallest absolute Gasteiger partial charge is 0.164 e. The van der Waals surface area contributed by atoms with Gasteiger partial charge < -0.3 is 0 Å². The van der Waals surface area contributed by atoms with Crippen LogP contribution >= 0.6 is 0 Å².